The van der Waals surface area contributed by atoms with E-state index in [1.807, 2.05) is 25.1 Å². The highest BCUT2D eigenvalue weighted by Gasteiger charge is 2.10. The Bertz CT molecular complexity index is 1120. The molecular weight excluding hydrogens is 400 g/mol. The van der Waals surface area contributed by atoms with E-state index in [2.05, 4.69) is 36.0 Å². The Labute approximate surface area is 177 Å². The highest BCUT2D eigenvalue weighted by Crippen LogP contribution is 2.15. The minimum Gasteiger partial charge on any atom is -0.356 e. The lowest BCUT2D eigenvalue weighted by Crippen LogP contribution is -2.37. The SMILES string of the molecule is CN=C(NCCCn1c(C)nc2ccccc21)NCc1ccc(S(=O)(=O)NC)cc1. The number of para-hydroxylation sites is 2. The molecule has 9 heteroatoms. The maximum absolute atomic E-state index is 11.8. The van der Waals surface area contributed by atoms with E-state index < -0.39 is 10.0 Å². The van der Waals surface area contributed by atoms with Gasteiger partial charge < -0.3 is 15.2 Å². The molecule has 160 valence electrons. The minimum absolute atomic E-state index is 0.249. The maximum Gasteiger partial charge on any atom is 0.240 e. The fraction of sp³-hybridized carbons (Fsp3) is 0.333. The van der Waals surface area contributed by atoms with Crippen molar-refractivity contribution in [2.24, 2.45) is 4.99 Å². The highest BCUT2D eigenvalue weighted by atomic mass is 32.2. The first-order chi connectivity index (χ1) is 14.4. The zero-order chi connectivity index (χ0) is 21.6. The van der Waals surface area contributed by atoms with Crippen molar-refractivity contribution in [2.45, 2.75) is 31.3 Å². The van der Waals surface area contributed by atoms with Gasteiger partial charge in [0.1, 0.15) is 5.82 Å². The van der Waals surface area contributed by atoms with E-state index in [0.29, 0.717) is 12.5 Å². The number of hydrogen-bond acceptors (Lipinski definition) is 4. The van der Waals surface area contributed by atoms with E-state index in [1.165, 1.54) is 7.05 Å². The Morgan fingerprint density at radius 3 is 2.53 bits per heavy atom. The molecule has 0 aliphatic rings. The van der Waals surface area contributed by atoms with Gasteiger partial charge in [-0.2, -0.15) is 0 Å². The van der Waals surface area contributed by atoms with Crippen molar-refractivity contribution in [3.05, 3.63) is 59.9 Å². The Kier molecular flexibility index (Phi) is 7.07. The number of rotatable bonds is 8. The summed E-state index contributed by atoms with van der Waals surface area (Å²) in [6.45, 7) is 4.22. The third-order valence-electron chi connectivity index (χ3n) is 4.88. The normalized spacial score (nSPS) is 12.3. The summed E-state index contributed by atoms with van der Waals surface area (Å²) in [5.41, 5.74) is 3.14. The van der Waals surface area contributed by atoms with E-state index in [1.54, 1.807) is 31.3 Å². The first kappa shape index (κ1) is 21.8. The number of aromatic nitrogens is 2. The Morgan fingerprint density at radius 2 is 1.83 bits per heavy atom. The molecule has 1 heterocycles. The molecule has 0 radical (unpaired) electrons. The molecule has 3 aromatic rings. The molecule has 1 aromatic heterocycles. The molecule has 0 amide bonds. The van der Waals surface area contributed by atoms with Crippen molar-refractivity contribution >= 4 is 27.0 Å². The van der Waals surface area contributed by atoms with E-state index >= 15 is 0 Å². The predicted octanol–water partition coefficient (Wildman–Crippen LogP) is 2.01. The fourth-order valence-electron chi connectivity index (χ4n) is 3.23. The molecule has 0 aliphatic heterocycles. The standard InChI is InChI=1S/C21H28N6O2S/c1-16-26-19-7-4-5-8-20(19)27(16)14-6-13-24-21(22-2)25-15-17-9-11-18(12-10-17)30(28,29)23-3/h4-5,7-12,23H,6,13-15H2,1-3H3,(H2,22,24,25). The molecule has 3 N–H and O–H groups in total. The fourth-order valence-corrected chi connectivity index (χ4v) is 3.96. The quantitative estimate of drug-likeness (QED) is 0.289. The Balaban J connectivity index is 1.48. The summed E-state index contributed by atoms with van der Waals surface area (Å²) in [7, 11) is -0.287. The van der Waals surface area contributed by atoms with Gasteiger partial charge in [0.2, 0.25) is 10.0 Å². The molecule has 0 fully saturated rings. The molecule has 0 unspecified atom stereocenters. The van der Waals surface area contributed by atoms with E-state index in [9.17, 15) is 8.42 Å². The number of hydrogen-bond donors (Lipinski definition) is 3. The second-order valence-electron chi connectivity index (χ2n) is 6.86. The summed E-state index contributed by atoms with van der Waals surface area (Å²) in [5.74, 6) is 1.72. The first-order valence-corrected chi connectivity index (χ1v) is 11.3. The van der Waals surface area contributed by atoms with Gasteiger partial charge in [-0.05, 0) is 50.2 Å². The van der Waals surface area contributed by atoms with Crippen LogP contribution in [-0.4, -0.2) is 44.6 Å². The van der Waals surface area contributed by atoms with Gasteiger partial charge >= 0.3 is 0 Å². The zero-order valence-electron chi connectivity index (χ0n) is 17.5. The lowest BCUT2D eigenvalue weighted by molar-refractivity contribution is 0.588. The molecule has 2 aromatic carbocycles. The Hall–Kier alpha value is -2.91. The number of aryl methyl sites for hydroxylation is 2. The molecule has 0 saturated heterocycles. The van der Waals surface area contributed by atoms with Crippen molar-refractivity contribution < 1.29 is 8.42 Å². The van der Waals surface area contributed by atoms with E-state index in [4.69, 9.17) is 0 Å². The smallest absolute Gasteiger partial charge is 0.240 e. The van der Waals surface area contributed by atoms with Crippen LogP contribution in [0.1, 0.15) is 17.8 Å². The number of sulfonamides is 1. The van der Waals surface area contributed by atoms with Gasteiger partial charge in [0.15, 0.2) is 5.96 Å². The molecule has 0 saturated carbocycles. The van der Waals surface area contributed by atoms with Crippen LogP contribution in [0.15, 0.2) is 58.4 Å². The Morgan fingerprint density at radius 1 is 1.10 bits per heavy atom. The molecule has 30 heavy (non-hydrogen) atoms. The van der Waals surface area contributed by atoms with Crippen molar-refractivity contribution in [1.82, 2.24) is 24.9 Å². The van der Waals surface area contributed by atoms with Gasteiger partial charge in [0.05, 0.1) is 15.9 Å². The second-order valence-corrected chi connectivity index (χ2v) is 8.74. The first-order valence-electron chi connectivity index (χ1n) is 9.83. The number of fused-ring (bicyclic) bond motifs is 1. The average molecular weight is 429 g/mol. The summed E-state index contributed by atoms with van der Waals surface area (Å²) in [4.78, 5) is 9.09. The lowest BCUT2D eigenvalue weighted by atomic mass is 10.2. The molecule has 0 aliphatic carbocycles. The van der Waals surface area contributed by atoms with Gasteiger partial charge in [-0.1, -0.05) is 24.3 Å². The van der Waals surface area contributed by atoms with E-state index in [0.717, 1.165) is 41.9 Å². The van der Waals surface area contributed by atoms with Crippen LogP contribution in [0.4, 0.5) is 0 Å². The molecule has 3 rings (SSSR count). The van der Waals surface area contributed by atoms with Crippen molar-refractivity contribution in [2.75, 3.05) is 20.6 Å². The van der Waals surface area contributed by atoms with Crippen molar-refractivity contribution in [1.29, 1.82) is 0 Å². The third-order valence-corrected chi connectivity index (χ3v) is 6.31. The summed E-state index contributed by atoms with van der Waals surface area (Å²) >= 11 is 0. The number of imidazole rings is 1. The number of nitrogens with zero attached hydrogens (tertiary/aromatic N) is 3. The van der Waals surface area contributed by atoms with Crippen LogP contribution in [0.25, 0.3) is 11.0 Å². The largest absolute Gasteiger partial charge is 0.356 e. The van der Waals surface area contributed by atoms with Crippen LogP contribution in [0, 0.1) is 6.92 Å². The van der Waals surface area contributed by atoms with Crippen molar-refractivity contribution in [3.63, 3.8) is 0 Å². The number of aliphatic imine (C=N–C) groups is 1. The summed E-state index contributed by atoms with van der Waals surface area (Å²) in [6.07, 6.45) is 0.929. The molecule has 0 atom stereocenters. The summed E-state index contributed by atoms with van der Waals surface area (Å²) < 4.78 is 28.1. The predicted molar refractivity (Wildman–Crippen MR) is 120 cm³/mol. The van der Waals surface area contributed by atoms with Crippen LogP contribution < -0.4 is 15.4 Å². The number of benzene rings is 2. The number of guanidine groups is 1. The topological polar surface area (TPSA) is 100 Å². The minimum atomic E-state index is -3.41. The van der Waals surface area contributed by atoms with Crippen LogP contribution in [-0.2, 0) is 23.1 Å². The van der Waals surface area contributed by atoms with Crippen molar-refractivity contribution in [3.8, 4) is 0 Å². The number of nitrogens with one attached hydrogen (secondary N) is 3. The van der Waals surface area contributed by atoms with Gasteiger partial charge in [0, 0.05) is 26.7 Å². The molecule has 8 nitrogen and oxygen atoms in total. The van der Waals surface area contributed by atoms with Gasteiger partial charge in [-0.25, -0.2) is 18.1 Å². The maximum atomic E-state index is 11.8. The van der Waals surface area contributed by atoms with Gasteiger partial charge in [-0.3, -0.25) is 4.99 Å². The van der Waals surface area contributed by atoms with Gasteiger partial charge in [0.25, 0.3) is 0 Å². The van der Waals surface area contributed by atoms with Crippen LogP contribution >= 0.6 is 0 Å². The summed E-state index contributed by atoms with van der Waals surface area (Å²) in [5, 5.41) is 6.56. The van der Waals surface area contributed by atoms with Gasteiger partial charge in [-0.15, -0.1) is 0 Å². The molecule has 0 bridgehead atoms. The molecule has 0 spiro atoms. The van der Waals surface area contributed by atoms with Crippen LogP contribution in [0.3, 0.4) is 0 Å². The summed E-state index contributed by atoms with van der Waals surface area (Å²) in [6, 6.07) is 14.9. The molecular formula is C21H28N6O2S. The second kappa shape index (κ2) is 9.73. The van der Waals surface area contributed by atoms with Crippen LogP contribution in [0.2, 0.25) is 0 Å². The highest BCUT2D eigenvalue weighted by molar-refractivity contribution is 7.89. The zero-order valence-corrected chi connectivity index (χ0v) is 18.3. The van der Waals surface area contributed by atoms with E-state index in [-0.39, 0.29) is 4.90 Å². The third kappa shape index (κ3) is 5.17. The van der Waals surface area contributed by atoms with Crippen LogP contribution in [0.5, 0.6) is 0 Å². The average Bonchev–Trinajstić information content (AvgIpc) is 3.08. The lowest BCUT2D eigenvalue weighted by Gasteiger charge is -2.13. The monoisotopic (exact) mass is 428 g/mol.